The lowest BCUT2D eigenvalue weighted by molar-refractivity contribution is -0.122. The average molecular weight is 382 g/mol. The van der Waals surface area contributed by atoms with E-state index < -0.39 is 6.10 Å². The zero-order valence-electron chi connectivity index (χ0n) is 14.9. The molecular weight excluding hydrogens is 362 g/mol. The van der Waals surface area contributed by atoms with E-state index in [1.54, 1.807) is 48.5 Å². The Labute approximate surface area is 163 Å². The van der Waals surface area contributed by atoms with Crippen molar-refractivity contribution >= 4 is 23.2 Å². The molecule has 1 amide bonds. The average Bonchev–Trinajstić information content (AvgIpc) is 2.68. The molecule has 3 aromatic rings. The van der Waals surface area contributed by atoms with Gasteiger partial charge in [0, 0.05) is 10.7 Å². The normalized spacial score (nSPS) is 11.5. The summed E-state index contributed by atoms with van der Waals surface area (Å²) in [5, 5.41) is 3.43. The maximum atomic E-state index is 12.5. The van der Waals surface area contributed by atoms with Crippen LogP contribution in [0.1, 0.15) is 13.3 Å². The van der Waals surface area contributed by atoms with Crippen LogP contribution in [0.2, 0.25) is 5.02 Å². The van der Waals surface area contributed by atoms with Crippen LogP contribution in [-0.4, -0.2) is 12.0 Å². The van der Waals surface area contributed by atoms with Gasteiger partial charge in [-0.1, -0.05) is 42.8 Å². The van der Waals surface area contributed by atoms with Crippen molar-refractivity contribution in [1.29, 1.82) is 0 Å². The number of rotatable bonds is 7. The summed E-state index contributed by atoms with van der Waals surface area (Å²) in [6, 6.07) is 23.7. The molecule has 0 spiro atoms. The molecule has 0 saturated carbocycles. The van der Waals surface area contributed by atoms with Gasteiger partial charge >= 0.3 is 0 Å². The van der Waals surface area contributed by atoms with Crippen LogP contribution in [-0.2, 0) is 4.79 Å². The van der Waals surface area contributed by atoms with Gasteiger partial charge in [-0.3, -0.25) is 4.79 Å². The third kappa shape index (κ3) is 5.50. The van der Waals surface area contributed by atoms with Gasteiger partial charge in [-0.05, 0) is 61.0 Å². The number of carbonyl (C=O) groups excluding carboxylic acids is 1. The fourth-order valence-corrected chi connectivity index (χ4v) is 2.66. The van der Waals surface area contributed by atoms with Crippen LogP contribution in [0.4, 0.5) is 5.69 Å². The molecule has 0 fully saturated rings. The van der Waals surface area contributed by atoms with E-state index in [2.05, 4.69) is 5.32 Å². The molecule has 4 nitrogen and oxygen atoms in total. The van der Waals surface area contributed by atoms with E-state index in [1.165, 1.54) is 0 Å². The lowest BCUT2D eigenvalue weighted by Crippen LogP contribution is -2.32. The van der Waals surface area contributed by atoms with Crippen molar-refractivity contribution in [3.8, 4) is 17.2 Å². The molecule has 3 rings (SSSR count). The lowest BCUT2D eigenvalue weighted by atomic mass is 10.2. The third-order valence-electron chi connectivity index (χ3n) is 3.84. The number of anilines is 1. The molecule has 1 unspecified atom stereocenters. The van der Waals surface area contributed by atoms with Crippen LogP contribution in [0.5, 0.6) is 17.2 Å². The summed E-state index contributed by atoms with van der Waals surface area (Å²) >= 11 is 5.96. The summed E-state index contributed by atoms with van der Waals surface area (Å²) in [6.07, 6.45) is -0.0724. The molecular formula is C22H20ClNO3. The zero-order chi connectivity index (χ0) is 19.1. The molecule has 138 valence electrons. The lowest BCUT2D eigenvalue weighted by Gasteiger charge is -2.17. The smallest absolute Gasteiger partial charge is 0.265 e. The summed E-state index contributed by atoms with van der Waals surface area (Å²) < 4.78 is 11.5. The maximum Gasteiger partial charge on any atom is 0.265 e. The number of amides is 1. The third-order valence-corrected chi connectivity index (χ3v) is 4.07. The Hall–Kier alpha value is -2.98. The van der Waals surface area contributed by atoms with Crippen molar-refractivity contribution in [2.24, 2.45) is 0 Å². The number of nitrogens with one attached hydrogen (secondary N) is 1. The van der Waals surface area contributed by atoms with Gasteiger partial charge in [0.15, 0.2) is 6.10 Å². The molecule has 0 aliphatic rings. The topological polar surface area (TPSA) is 47.6 Å². The number of ether oxygens (including phenoxy) is 2. The first-order valence-corrected chi connectivity index (χ1v) is 9.08. The van der Waals surface area contributed by atoms with Gasteiger partial charge in [-0.25, -0.2) is 0 Å². The fraction of sp³-hybridized carbons (Fsp3) is 0.136. The van der Waals surface area contributed by atoms with Crippen LogP contribution in [0.3, 0.4) is 0 Å². The number of carbonyl (C=O) groups is 1. The molecule has 0 bridgehead atoms. The first-order chi connectivity index (χ1) is 13.1. The van der Waals surface area contributed by atoms with E-state index in [1.807, 2.05) is 37.3 Å². The zero-order valence-corrected chi connectivity index (χ0v) is 15.6. The van der Waals surface area contributed by atoms with Gasteiger partial charge in [0.1, 0.15) is 17.2 Å². The van der Waals surface area contributed by atoms with E-state index in [4.69, 9.17) is 21.1 Å². The minimum absolute atomic E-state index is 0.214. The van der Waals surface area contributed by atoms with Crippen molar-refractivity contribution in [3.63, 3.8) is 0 Å². The standard InChI is InChI=1S/C22H20ClNO3/c1-2-21(27-20-10-6-7-16(23)15-20)22(25)24-17-11-13-19(14-12-17)26-18-8-4-3-5-9-18/h3-15,21H,2H2,1H3,(H,24,25). The minimum atomic E-state index is -0.608. The van der Waals surface area contributed by atoms with Gasteiger partial charge in [0.2, 0.25) is 0 Å². The van der Waals surface area contributed by atoms with Gasteiger partial charge < -0.3 is 14.8 Å². The highest BCUT2D eigenvalue weighted by molar-refractivity contribution is 6.30. The second-order valence-corrected chi connectivity index (χ2v) is 6.34. The minimum Gasteiger partial charge on any atom is -0.481 e. The Bertz CT molecular complexity index is 882. The summed E-state index contributed by atoms with van der Waals surface area (Å²) in [7, 11) is 0. The van der Waals surface area contributed by atoms with Crippen molar-refractivity contribution in [1.82, 2.24) is 0 Å². The fourth-order valence-electron chi connectivity index (χ4n) is 2.48. The highest BCUT2D eigenvalue weighted by Gasteiger charge is 2.18. The second kappa shape index (κ2) is 9.10. The molecule has 0 aliphatic heterocycles. The largest absolute Gasteiger partial charge is 0.481 e. The van der Waals surface area contributed by atoms with Gasteiger partial charge in [-0.2, -0.15) is 0 Å². The summed E-state index contributed by atoms with van der Waals surface area (Å²) in [4.78, 5) is 12.5. The van der Waals surface area contributed by atoms with E-state index >= 15 is 0 Å². The number of para-hydroxylation sites is 1. The van der Waals surface area contributed by atoms with Crippen molar-refractivity contribution in [2.75, 3.05) is 5.32 Å². The first-order valence-electron chi connectivity index (χ1n) is 8.70. The monoisotopic (exact) mass is 381 g/mol. The predicted octanol–water partition coefficient (Wildman–Crippen LogP) is 5.93. The van der Waals surface area contributed by atoms with E-state index in [0.717, 1.165) is 5.75 Å². The van der Waals surface area contributed by atoms with E-state index in [-0.39, 0.29) is 5.91 Å². The number of halogens is 1. The van der Waals surface area contributed by atoms with Gasteiger partial charge in [0.05, 0.1) is 0 Å². The Morgan fingerprint density at radius 2 is 1.59 bits per heavy atom. The summed E-state index contributed by atoms with van der Waals surface area (Å²) in [5.74, 6) is 1.81. The Morgan fingerprint density at radius 1 is 0.926 bits per heavy atom. The van der Waals surface area contributed by atoms with Crippen LogP contribution in [0.25, 0.3) is 0 Å². The van der Waals surface area contributed by atoms with E-state index in [0.29, 0.717) is 28.6 Å². The summed E-state index contributed by atoms with van der Waals surface area (Å²) in [6.45, 7) is 1.89. The number of benzene rings is 3. The molecule has 0 aliphatic carbocycles. The molecule has 1 atom stereocenters. The molecule has 0 aromatic heterocycles. The van der Waals surface area contributed by atoms with Crippen molar-refractivity contribution < 1.29 is 14.3 Å². The SMILES string of the molecule is CCC(Oc1cccc(Cl)c1)C(=O)Nc1ccc(Oc2ccccc2)cc1. The predicted molar refractivity (Wildman–Crippen MR) is 108 cm³/mol. The summed E-state index contributed by atoms with van der Waals surface area (Å²) in [5.41, 5.74) is 0.675. The molecule has 0 saturated heterocycles. The Balaban J connectivity index is 1.60. The maximum absolute atomic E-state index is 12.5. The van der Waals surface area contributed by atoms with Crippen molar-refractivity contribution in [2.45, 2.75) is 19.4 Å². The number of hydrogen-bond acceptors (Lipinski definition) is 3. The highest BCUT2D eigenvalue weighted by Crippen LogP contribution is 2.23. The van der Waals surface area contributed by atoms with Crippen LogP contribution < -0.4 is 14.8 Å². The van der Waals surface area contributed by atoms with E-state index in [9.17, 15) is 4.79 Å². The number of hydrogen-bond donors (Lipinski definition) is 1. The van der Waals surface area contributed by atoms with Crippen molar-refractivity contribution in [3.05, 3.63) is 83.9 Å². The Kier molecular flexibility index (Phi) is 6.34. The first kappa shape index (κ1) is 18.8. The Morgan fingerprint density at radius 3 is 2.26 bits per heavy atom. The second-order valence-electron chi connectivity index (χ2n) is 5.90. The molecule has 5 heteroatoms. The highest BCUT2D eigenvalue weighted by atomic mass is 35.5. The quantitative estimate of drug-likeness (QED) is 0.551. The van der Waals surface area contributed by atoms with Gasteiger partial charge in [0.25, 0.3) is 5.91 Å². The molecule has 0 radical (unpaired) electrons. The van der Waals surface area contributed by atoms with Gasteiger partial charge in [-0.15, -0.1) is 0 Å². The molecule has 0 heterocycles. The van der Waals surface area contributed by atoms with Crippen LogP contribution >= 0.6 is 11.6 Å². The van der Waals surface area contributed by atoms with Crippen LogP contribution in [0, 0.1) is 0 Å². The molecule has 1 N–H and O–H groups in total. The van der Waals surface area contributed by atoms with Crippen LogP contribution in [0.15, 0.2) is 78.9 Å². The molecule has 27 heavy (non-hydrogen) atoms. The molecule has 3 aromatic carbocycles.